The van der Waals surface area contributed by atoms with Crippen LogP contribution in [0.4, 0.5) is 10.1 Å². The minimum Gasteiger partial charge on any atom is -0.495 e. The summed E-state index contributed by atoms with van der Waals surface area (Å²) in [6.45, 7) is 3.81. The minimum atomic E-state index is -3.94. The van der Waals surface area contributed by atoms with Gasteiger partial charge in [0, 0.05) is 32.2 Å². The number of para-hydroxylation sites is 2. The molecule has 2 saturated heterocycles. The zero-order valence-corrected chi connectivity index (χ0v) is 19.7. The number of sulfone groups is 2. The van der Waals surface area contributed by atoms with Crippen LogP contribution in [0.1, 0.15) is 5.56 Å². The smallest absolute Gasteiger partial charge is 0.183 e. The summed E-state index contributed by atoms with van der Waals surface area (Å²) in [7, 11) is -5.84. The SMILES string of the molecule is COc1ccccc1N1CCN(C2CS(=O)(=O)CC2S(=O)(=O)c2ccc(F)c(C)c2)CC1. The number of methoxy groups -OCH3 is 1. The first-order valence-electron chi connectivity index (χ1n) is 10.4. The number of ether oxygens (including phenoxy) is 1. The lowest BCUT2D eigenvalue weighted by molar-refractivity contribution is 0.201. The maximum atomic E-state index is 13.7. The van der Waals surface area contributed by atoms with Crippen molar-refractivity contribution in [1.29, 1.82) is 0 Å². The molecule has 2 aliphatic heterocycles. The van der Waals surface area contributed by atoms with Crippen LogP contribution in [0.3, 0.4) is 0 Å². The van der Waals surface area contributed by atoms with Gasteiger partial charge in [-0.2, -0.15) is 0 Å². The maximum Gasteiger partial charge on any atom is 0.183 e. The lowest BCUT2D eigenvalue weighted by Gasteiger charge is -2.40. The average molecular weight is 483 g/mol. The van der Waals surface area contributed by atoms with Gasteiger partial charge in [0.2, 0.25) is 0 Å². The third kappa shape index (κ3) is 4.35. The Balaban J connectivity index is 1.56. The van der Waals surface area contributed by atoms with Crippen LogP contribution in [0.25, 0.3) is 0 Å². The number of rotatable bonds is 5. The van der Waals surface area contributed by atoms with Crippen LogP contribution in [0.5, 0.6) is 5.75 Å². The fraction of sp³-hybridized carbons (Fsp3) is 0.455. The molecule has 0 aromatic heterocycles. The summed E-state index contributed by atoms with van der Waals surface area (Å²) >= 11 is 0. The van der Waals surface area contributed by atoms with E-state index in [2.05, 4.69) is 4.90 Å². The van der Waals surface area contributed by atoms with Gasteiger partial charge < -0.3 is 9.64 Å². The number of halogens is 1. The summed E-state index contributed by atoms with van der Waals surface area (Å²) < 4.78 is 70.8. The van der Waals surface area contributed by atoms with E-state index in [1.807, 2.05) is 29.2 Å². The van der Waals surface area contributed by atoms with E-state index >= 15 is 0 Å². The Kier molecular flexibility index (Phi) is 6.21. The summed E-state index contributed by atoms with van der Waals surface area (Å²) in [5, 5.41) is -1.07. The van der Waals surface area contributed by atoms with Crippen LogP contribution in [0.2, 0.25) is 0 Å². The molecule has 0 spiro atoms. The number of hydrogen-bond donors (Lipinski definition) is 0. The first-order chi connectivity index (χ1) is 15.1. The molecule has 2 fully saturated rings. The lowest BCUT2D eigenvalue weighted by Crippen LogP contribution is -2.55. The molecular weight excluding hydrogens is 455 g/mol. The molecule has 0 radical (unpaired) electrons. The number of aryl methyl sites for hydroxylation is 1. The van der Waals surface area contributed by atoms with Crippen LogP contribution in [-0.2, 0) is 19.7 Å². The molecule has 32 heavy (non-hydrogen) atoms. The predicted molar refractivity (Wildman–Crippen MR) is 121 cm³/mol. The fourth-order valence-corrected chi connectivity index (χ4v) is 9.50. The summed E-state index contributed by atoms with van der Waals surface area (Å²) in [4.78, 5) is 4.09. The van der Waals surface area contributed by atoms with Crippen molar-refractivity contribution in [3.8, 4) is 5.75 Å². The highest BCUT2D eigenvalue weighted by molar-refractivity contribution is 7.96. The molecule has 0 bridgehead atoms. The summed E-state index contributed by atoms with van der Waals surface area (Å²) in [6, 6.07) is 10.7. The largest absolute Gasteiger partial charge is 0.495 e. The van der Waals surface area contributed by atoms with E-state index in [1.165, 1.54) is 19.1 Å². The predicted octanol–water partition coefficient (Wildman–Crippen LogP) is 1.90. The molecule has 2 heterocycles. The first-order valence-corrected chi connectivity index (χ1v) is 13.8. The Morgan fingerprint density at radius 1 is 1.03 bits per heavy atom. The third-order valence-electron chi connectivity index (χ3n) is 6.34. The van der Waals surface area contributed by atoms with Crippen LogP contribution in [0, 0.1) is 12.7 Å². The van der Waals surface area contributed by atoms with Crippen LogP contribution < -0.4 is 9.64 Å². The Labute approximate surface area is 188 Å². The first kappa shape index (κ1) is 23.0. The van der Waals surface area contributed by atoms with E-state index in [9.17, 15) is 21.2 Å². The van der Waals surface area contributed by atoms with Crippen molar-refractivity contribution in [3.05, 3.63) is 53.8 Å². The minimum absolute atomic E-state index is 0.0313. The summed E-state index contributed by atoms with van der Waals surface area (Å²) in [6.07, 6.45) is 0. The van der Waals surface area contributed by atoms with Gasteiger partial charge >= 0.3 is 0 Å². The van der Waals surface area contributed by atoms with Crippen molar-refractivity contribution in [2.45, 2.75) is 23.1 Å². The van der Waals surface area contributed by atoms with Crippen molar-refractivity contribution in [1.82, 2.24) is 4.90 Å². The van der Waals surface area contributed by atoms with Crippen molar-refractivity contribution < 1.29 is 26.0 Å². The van der Waals surface area contributed by atoms with Gasteiger partial charge in [-0.25, -0.2) is 21.2 Å². The second-order valence-electron chi connectivity index (χ2n) is 8.33. The van der Waals surface area contributed by atoms with E-state index in [1.54, 1.807) is 7.11 Å². The fourth-order valence-electron chi connectivity index (χ4n) is 4.59. The van der Waals surface area contributed by atoms with Gasteiger partial charge in [0.15, 0.2) is 19.7 Å². The van der Waals surface area contributed by atoms with E-state index in [-0.39, 0.29) is 16.2 Å². The highest BCUT2D eigenvalue weighted by Gasteiger charge is 2.48. The molecule has 4 rings (SSSR count). The second-order valence-corrected chi connectivity index (χ2v) is 12.7. The van der Waals surface area contributed by atoms with Gasteiger partial charge in [-0.3, -0.25) is 4.90 Å². The number of nitrogens with zero attached hydrogens (tertiary/aromatic N) is 2. The maximum absolute atomic E-state index is 13.7. The number of anilines is 1. The average Bonchev–Trinajstić information content (AvgIpc) is 3.12. The van der Waals surface area contributed by atoms with Crippen LogP contribution >= 0.6 is 0 Å². The monoisotopic (exact) mass is 482 g/mol. The number of benzene rings is 2. The molecular formula is C22H27FN2O5S2. The molecule has 2 unspecified atom stereocenters. The van der Waals surface area contributed by atoms with E-state index < -0.39 is 42.5 Å². The van der Waals surface area contributed by atoms with E-state index in [0.717, 1.165) is 17.5 Å². The van der Waals surface area contributed by atoms with Gasteiger partial charge in [-0.15, -0.1) is 0 Å². The number of piperazine rings is 1. The van der Waals surface area contributed by atoms with E-state index in [4.69, 9.17) is 4.74 Å². The van der Waals surface area contributed by atoms with Crippen molar-refractivity contribution in [3.63, 3.8) is 0 Å². The molecule has 2 aromatic rings. The molecule has 0 amide bonds. The Morgan fingerprint density at radius 2 is 1.72 bits per heavy atom. The van der Waals surface area contributed by atoms with Gasteiger partial charge in [0.1, 0.15) is 11.6 Å². The van der Waals surface area contributed by atoms with Crippen molar-refractivity contribution in [2.75, 3.05) is 49.7 Å². The van der Waals surface area contributed by atoms with Gasteiger partial charge in [-0.05, 0) is 42.8 Å². The quantitative estimate of drug-likeness (QED) is 0.602. The van der Waals surface area contributed by atoms with Gasteiger partial charge in [0.25, 0.3) is 0 Å². The molecule has 2 aliphatic rings. The van der Waals surface area contributed by atoms with E-state index in [0.29, 0.717) is 26.2 Å². The normalized spacial score (nSPS) is 23.9. The Morgan fingerprint density at radius 3 is 2.38 bits per heavy atom. The molecule has 2 aromatic carbocycles. The number of hydrogen-bond acceptors (Lipinski definition) is 7. The molecule has 0 N–H and O–H groups in total. The highest BCUT2D eigenvalue weighted by Crippen LogP contribution is 2.32. The standard InChI is InChI=1S/C22H27FN2O5S2/c1-16-13-17(7-8-18(16)23)32(28,29)22-15-31(26,27)14-20(22)25-11-9-24(10-12-25)19-5-3-4-6-21(19)30-2/h3-8,13,20,22H,9-12,14-15H2,1-2H3. The zero-order valence-electron chi connectivity index (χ0n) is 18.1. The molecule has 7 nitrogen and oxygen atoms in total. The van der Waals surface area contributed by atoms with Gasteiger partial charge in [0.05, 0.1) is 34.4 Å². The summed E-state index contributed by atoms with van der Waals surface area (Å²) in [5.41, 5.74) is 1.17. The van der Waals surface area contributed by atoms with Crippen LogP contribution in [-0.4, -0.2) is 77.8 Å². The van der Waals surface area contributed by atoms with Gasteiger partial charge in [-0.1, -0.05) is 12.1 Å². The summed E-state index contributed by atoms with van der Waals surface area (Å²) in [5.74, 6) is -0.335. The third-order valence-corrected chi connectivity index (χ3v) is 10.5. The Hall–Kier alpha value is -2.17. The zero-order chi connectivity index (χ0) is 23.1. The molecule has 10 heteroatoms. The lowest BCUT2D eigenvalue weighted by atomic mass is 10.1. The Bertz CT molecular complexity index is 1210. The molecule has 0 saturated carbocycles. The molecule has 174 valence electrons. The highest BCUT2D eigenvalue weighted by atomic mass is 32.2. The van der Waals surface area contributed by atoms with Crippen LogP contribution in [0.15, 0.2) is 47.4 Å². The molecule has 0 aliphatic carbocycles. The van der Waals surface area contributed by atoms with Crippen molar-refractivity contribution >= 4 is 25.4 Å². The van der Waals surface area contributed by atoms with Crippen molar-refractivity contribution in [2.24, 2.45) is 0 Å². The second kappa shape index (κ2) is 8.64. The molecule has 2 atom stereocenters. The topological polar surface area (TPSA) is 84.0 Å².